The Morgan fingerprint density at radius 1 is 1.18 bits per heavy atom. The van der Waals surface area contributed by atoms with E-state index in [9.17, 15) is 14.4 Å². The number of amides is 2. The van der Waals surface area contributed by atoms with Crippen LogP contribution in [0.15, 0.2) is 24.3 Å². The molecule has 3 N–H and O–H groups in total. The van der Waals surface area contributed by atoms with E-state index in [-0.39, 0.29) is 18.2 Å². The van der Waals surface area contributed by atoms with Crippen molar-refractivity contribution in [1.82, 2.24) is 10.6 Å². The lowest BCUT2D eigenvalue weighted by Gasteiger charge is -2.33. The van der Waals surface area contributed by atoms with E-state index < -0.39 is 17.4 Å². The summed E-state index contributed by atoms with van der Waals surface area (Å²) in [5.41, 5.74) is -0.177. The average Bonchev–Trinajstić information content (AvgIpc) is 2.45. The van der Waals surface area contributed by atoms with Crippen LogP contribution < -0.4 is 10.6 Å². The summed E-state index contributed by atoms with van der Waals surface area (Å²) in [4.78, 5) is 35.0. The molecule has 1 atom stereocenters. The van der Waals surface area contributed by atoms with Crippen LogP contribution in [0, 0.1) is 5.92 Å². The molecule has 0 aliphatic rings. The van der Waals surface area contributed by atoms with Gasteiger partial charge in [0.05, 0.1) is 12.0 Å². The Bertz CT molecular complexity index is 583. The average molecular weight is 306 g/mol. The van der Waals surface area contributed by atoms with Crippen molar-refractivity contribution in [2.24, 2.45) is 5.92 Å². The minimum Gasteiger partial charge on any atom is -0.481 e. The van der Waals surface area contributed by atoms with E-state index in [1.165, 1.54) is 13.1 Å². The minimum atomic E-state index is -0.976. The quantitative estimate of drug-likeness (QED) is 0.745. The summed E-state index contributed by atoms with van der Waals surface area (Å²) in [5, 5.41) is 14.3. The molecule has 1 aromatic carbocycles. The van der Waals surface area contributed by atoms with E-state index in [1.807, 2.05) is 13.8 Å². The number of hydrogen-bond acceptors (Lipinski definition) is 3. The summed E-state index contributed by atoms with van der Waals surface area (Å²) in [6, 6.07) is 6.29. The van der Waals surface area contributed by atoms with E-state index in [2.05, 4.69) is 10.6 Å². The number of nitrogens with one attached hydrogen (secondary N) is 2. The van der Waals surface area contributed by atoms with Crippen LogP contribution in [0.1, 0.15) is 47.9 Å². The standard InChI is InChI=1S/C16H22N2O4/c1-10(2)16(3,9-13(19)20)18-15(22)12-7-5-6-11(8-12)14(21)17-4/h5-8,10H,9H2,1-4H3,(H,17,21)(H,18,22)(H,19,20). The highest BCUT2D eigenvalue weighted by Crippen LogP contribution is 2.21. The molecule has 1 unspecified atom stereocenters. The summed E-state index contributed by atoms with van der Waals surface area (Å²) < 4.78 is 0. The maximum Gasteiger partial charge on any atom is 0.305 e. The Labute approximate surface area is 129 Å². The van der Waals surface area contributed by atoms with Crippen molar-refractivity contribution in [1.29, 1.82) is 0 Å². The fraction of sp³-hybridized carbons (Fsp3) is 0.438. The number of carboxylic acids is 1. The number of benzene rings is 1. The molecule has 0 saturated heterocycles. The van der Waals surface area contributed by atoms with Gasteiger partial charge in [-0.1, -0.05) is 19.9 Å². The number of carboxylic acid groups (broad SMARTS) is 1. The van der Waals surface area contributed by atoms with Gasteiger partial charge in [0.1, 0.15) is 0 Å². The highest BCUT2D eigenvalue weighted by atomic mass is 16.4. The third-order valence-electron chi connectivity index (χ3n) is 3.81. The van der Waals surface area contributed by atoms with Gasteiger partial charge in [-0.05, 0) is 31.0 Å². The molecule has 0 aromatic heterocycles. The molecule has 0 aliphatic carbocycles. The second-order valence-corrected chi connectivity index (χ2v) is 5.76. The van der Waals surface area contributed by atoms with E-state index in [0.29, 0.717) is 11.1 Å². The number of hydrogen-bond donors (Lipinski definition) is 3. The molecule has 1 rings (SSSR count). The molecule has 0 fully saturated rings. The highest BCUT2D eigenvalue weighted by molar-refractivity contribution is 5.99. The van der Waals surface area contributed by atoms with Crippen LogP contribution >= 0.6 is 0 Å². The van der Waals surface area contributed by atoms with Gasteiger partial charge in [-0.15, -0.1) is 0 Å². The lowest BCUT2D eigenvalue weighted by molar-refractivity contribution is -0.138. The summed E-state index contributed by atoms with van der Waals surface area (Å²) in [7, 11) is 1.51. The Morgan fingerprint density at radius 2 is 1.73 bits per heavy atom. The predicted molar refractivity (Wildman–Crippen MR) is 82.8 cm³/mol. The van der Waals surface area contributed by atoms with Crippen LogP contribution in [0.25, 0.3) is 0 Å². The fourth-order valence-electron chi connectivity index (χ4n) is 1.98. The first-order valence-electron chi connectivity index (χ1n) is 7.06. The molecule has 0 heterocycles. The predicted octanol–water partition coefficient (Wildman–Crippen LogP) is 1.67. The van der Waals surface area contributed by atoms with Gasteiger partial charge >= 0.3 is 5.97 Å². The molecule has 0 bridgehead atoms. The van der Waals surface area contributed by atoms with Crippen LogP contribution in [0.5, 0.6) is 0 Å². The SMILES string of the molecule is CNC(=O)c1cccc(C(=O)NC(C)(CC(=O)O)C(C)C)c1. The third-order valence-corrected chi connectivity index (χ3v) is 3.81. The van der Waals surface area contributed by atoms with Crippen molar-refractivity contribution in [2.75, 3.05) is 7.05 Å². The van der Waals surface area contributed by atoms with Crippen molar-refractivity contribution < 1.29 is 19.5 Å². The zero-order valence-electron chi connectivity index (χ0n) is 13.3. The maximum absolute atomic E-state index is 12.4. The number of carbonyl (C=O) groups excluding carboxylic acids is 2. The number of aliphatic carboxylic acids is 1. The first-order valence-corrected chi connectivity index (χ1v) is 7.06. The lowest BCUT2D eigenvalue weighted by atomic mass is 9.85. The molecule has 120 valence electrons. The smallest absolute Gasteiger partial charge is 0.305 e. The lowest BCUT2D eigenvalue weighted by Crippen LogP contribution is -2.51. The fourth-order valence-corrected chi connectivity index (χ4v) is 1.98. The van der Waals surface area contributed by atoms with Crippen LogP contribution in [0.3, 0.4) is 0 Å². The second-order valence-electron chi connectivity index (χ2n) is 5.76. The van der Waals surface area contributed by atoms with Crippen molar-refractivity contribution in [3.05, 3.63) is 35.4 Å². The largest absolute Gasteiger partial charge is 0.481 e. The maximum atomic E-state index is 12.4. The monoisotopic (exact) mass is 306 g/mol. The van der Waals surface area contributed by atoms with Gasteiger partial charge < -0.3 is 15.7 Å². The van der Waals surface area contributed by atoms with Crippen molar-refractivity contribution in [3.8, 4) is 0 Å². The summed E-state index contributed by atoms with van der Waals surface area (Å²) in [5.74, 6) is -1.72. The Kier molecular flexibility index (Phi) is 5.68. The molecule has 1 aromatic rings. The molecule has 6 heteroatoms. The summed E-state index contributed by atoms with van der Waals surface area (Å²) in [6.45, 7) is 5.40. The molecule has 6 nitrogen and oxygen atoms in total. The first-order chi connectivity index (χ1) is 10.2. The van der Waals surface area contributed by atoms with Crippen LogP contribution in [0.4, 0.5) is 0 Å². The van der Waals surface area contributed by atoms with Gasteiger partial charge in [-0.3, -0.25) is 14.4 Å². The Balaban J connectivity index is 3.00. The Hall–Kier alpha value is -2.37. The van der Waals surface area contributed by atoms with Crippen LogP contribution in [-0.4, -0.2) is 35.5 Å². The van der Waals surface area contributed by atoms with Crippen molar-refractivity contribution in [2.45, 2.75) is 32.7 Å². The first kappa shape index (κ1) is 17.7. The molecule has 0 radical (unpaired) electrons. The van der Waals surface area contributed by atoms with E-state index in [0.717, 1.165) is 0 Å². The van der Waals surface area contributed by atoms with E-state index in [4.69, 9.17) is 5.11 Å². The van der Waals surface area contributed by atoms with Gasteiger partial charge in [0, 0.05) is 18.2 Å². The van der Waals surface area contributed by atoms with Gasteiger partial charge in [-0.2, -0.15) is 0 Å². The molecule has 0 saturated carbocycles. The van der Waals surface area contributed by atoms with Crippen LogP contribution in [-0.2, 0) is 4.79 Å². The molecule has 2 amide bonds. The van der Waals surface area contributed by atoms with Crippen LogP contribution in [0.2, 0.25) is 0 Å². The molecule has 0 aliphatic heterocycles. The summed E-state index contributed by atoms with van der Waals surface area (Å²) >= 11 is 0. The summed E-state index contributed by atoms with van der Waals surface area (Å²) in [6.07, 6.45) is -0.175. The van der Waals surface area contributed by atoms with Gasteiger partial charge in [0.2, 0.25) is 0 Å². The minimum absolute atomic E-state index is 0.0605. The third kappa shape index (κ3) is 4.31. The van der Waals surface area contributed by atoms with Crippen molar-refractivity contribution >= 4 is 17.8 Å². The van der Waals surface area contributed by atoms with Gasteiger partial charge in [0.15, 0.2) is 0 Å². The molecular formula is C16H22N2O4. The van der Waals surface area contributed by atoms with Gasteiger partial charge in [-0.25, -0.2) is 0 Å². The molecular weight excluding hydrogens is 284 g/mol. The Morgan fingerprint density at radius 3 is 2.18 bits per heavy atom. The zero-order valence-corrected chi connectivity index (χ0v) is 13.3. The molecule has 0 spiro atoms. The van der Waals surface area contributed by atoms with Gasteiger partial charge in [0.25, 0.3) is 11.8 Å². The zero-order chi connectivity index (χ0) is 16.9. The van der Waals surface area contributed by atoms with Crippen molar-refractivity contribution in [3.63, 3.8) is 0 Å². The van der Waals surface area contributed by atoms with E-state index in [1.54, 1.807) is 25.1 Å². The normalized spacial score (nSPS) is 13.3. The second kappa shape index (κ2) is 7.06. The highest BCUT2D eigenvalue weighted by Gasteiger charge is 2.33. The topological polar surface area (TPSA) is 95.5 Å². The number of carbonyl (C=O) groups is 3. The molecule has 22 heavy (non-hydrogen) atoms. The number of rotatable bonds is 6. The van der Waals surface area contributed by atoms with E-state index >= 15 is 0 Å².